The molecule has 1 amide bonds. The number of aryl methyl sites for hydroxylation is 1. The van der Waals surface area contributed by atoms with E-state index in [2.05, 4.69) is 26.2 Å². The van der Waals surface area contributed by atoms with E-state index in [1.165, 1.54) is 14.1 Å². The highest BCUT2D eigenvalue weighted by atomic mass is 79.9. The van der Waals surface area contributed by atoms with Gasteiger partial charge >= 0.3 is 5.69 Å². The summed E-state index contributed by atoms with van der Waals surface area (Å²) in [5.74, 6) is -0.302. The van der Waals surface area contributed by atoms with Crippen molar-refractivity contribution in [3.63, 3.8) is 0 Å². The summed E-state index contributed by atoms with van der Waals surface area (Å²) in [4.78, 5) is 42.3. The van der Waals surface area contributed by atoms with E-state index in [4.69, 9.17) is 4.74 Å². The molecule has 0 aliphatic heterocycles. The van der Waals surface area contributed by atoms with Gasteiger partial charge in [-0.2, -0.15) is 0 Å². The number of ether oxygens (including phenoxy) is 1. The van der Waals surface area contributed by atoms with Crippen molar-refractivity contribution in [3.8, 4) is 11.6 Å². The van der Waals surface area contributed by atoms with Gasteiger partial charge in [-0.3, -0.25) is 18.7 Å². The fraction of sp³-hybridized carbons (Fsp3) is 0.250. The zero-order valence-corrected chi connectivity index (χ0v) is 22.1. The Morgan fingerprint density at radius 3 is 2.46 bits per heavy atom. The molecule has 0 saturated carbocycles. The molecule has 0 atom stereocenters. The van der Waals surface area contributed by atoms with Crippen LogP contribution < -0.4 is 21.3 Å². The monoisotopic (exact) mass is 560 g/mol. The fourth-order valence-electron chi connectivity index (χ4n) is 3.12. The average molecular weight is 561 g/mol. The van der Waals surface area contributed by atoms with Crippen molar-refractivity contribution in [2.24, 2.45) is 19.1 Å². The van der Waals surface area contributed by atoms with Gasteiger partial charge in [-0.15, -0.1) is 0 Å². The molecule has 0 spiro atoms. The molecule has 3 aromatic rings. The highest BCUT2D eigenvalue weighted by molar-refractivity contribution is 9.10. The first-order valence-corrected chi connectivity index (χ1v) is 12.4. The van der Waals surface area contributed by atoms with Gasteiger partial charge in [-0.05, 0) is 71.7 Å². The molecular weight excluding hydrogens is 536 g/mol. The third kappa shape index (κ3) is 6.23. The molecule has 2 aromatic carbocycles. The van der Waals surface area contributed by atoms with Crippen LogP contribution in [0.1, 0.15) is 18.1 Å². The van der Waals surface area contributed by atoms with E-state index in [9.17, 15) is 19.5 Å². The number of hydrogen-bond acceptors (Lipinski definition) is 7. The first-order valence-electron chi connectivity index (χ1n) is 10.6. The number of aromatic hydroxyl groups is 1. The first kappa shape index (κ1) is 26.3. The van der Waals surface area contributed by atoms with Gasteiger partial charge in [-0.1, -0.05) is 17.8 Å². The minimum Gasteiger partial charge on any atom is -0.494 e. The van der Waals surface area contributed by atoms with Gasteiger partial charge in [-0.25, -0.2) is 9.79 Å². The summed E-state index contributed by atoms with van der Waals surface area (Å²) in [6, 6.07) is 12.4. The second-order valence-electron chi connectivity index (χ2n) is 7.57. The maximum Gasteiger partial charge on any atom is 0.333 e. The molecule has 0 aliphatic rings. The van der Waals surface area contributed by atoms with Crippen LogP contribution in [0.15, 0.2) is 61.5 Å². The Balaban J connectivity index is 1.97. The Hall–Kier alpha value is -3.31. The third-order valence-electron chi connectivity index (χ3n) is 4.96. The van der Waals surface area contributed by atoms with Gasteiger partial charge in [0.2, 0.25) is 11.8 Å². The topological polar surface area (TPSA) is 115 Å². The molecule has 35 heavy (non-hydrogen) atoms. The average Bonchev–Trinajstić information content (AvgIpc) is 2.83. The minimum absolute atomic E-state index is 0.0956. The van der Waals surface area contributed by atoms with E-state index in [1.54, 1.807) is 30.3 Å². The van der Waals surface area contributed by atoms with Crippen LogP contribution in [-0.4, -0.2) is 37.6 Å². The SMILES string of the molecule is CCOc1ccc(N=C(SCC(=O)Nc2ccc(C)cc2Br)c2c(O)n(C)c(=O)n(C)c2=O)cc1. The highest BCUT2D eigenvalue weighted by Crippen LogP contribution is 2.26. The molecule has 0 radical (unpaired) electrons. The van der Waals surface area contributed by atoms with Crippen LogP contribution in [0.3, 0.4) is 0 Å². The summed E-state index contributed by atoms with van der Waals surface area (Å²) in [6.45, 7) is 4.33. The Labute approximate surface area is 214 Å². The van der Waals surface area contributed by atoms with Gasteiger partial charge in [0.15, 0.2) is 0 Å². The molecule has 2 N–H and O–H groups in total. The maximum absolute atomic E-state index is 12.9. The molecule has 0 aliphatic carbocycles. The second-order valence-corrected chi connectivity index (χ2v) is 9.39. The highest BCUT2D eigenvalue weighted by Gasteiger charge is 2.22. The van der Waals surface area contributed by atoms with Crippen LogP contribution in [0.5, 0.6) is 11.6 Å². The number of nitrogens with one attached hydrogen (secondary N) is 1. The van der Waals surface area contributed by atoms with Gasteiger partial charge in [0.1, 0.15) is 16.4 Å². The van der Waals surface area contributed by atoms with Crippen molar-refractivity contribution in [2.75, 3.05) is 17.7 Å². The van der Waals surface area contributed by atoms with Crippen LogP contribution in [0.4, 0.5) is 11.4 Å². The Kier molecular flexibility index (Phi) is 8.57. The number of amides is 1. The van der Waals surface area contributed by atoms with Crippen LogP contribution in [0.2, 0.25) is 0 Å². The maximum atomic E-state index is 12.9. The number of halogens is 1. The number of rotatable bonds is 7. The number of thioether (sulfide) groups is 1. The summed E-state index contributed by atoms with van der Waals surface area (Å²) in [5, 5.41) is 13.5. The van der Waals surface area contributed by atoms with Crippen molar-refractivity contribution in [1.29, 1.82) is 0 Å². The summed E-state index contributed by atoms with van der Waals surface area (Å²) in [6.07, 6.45) is 0. The van der Waals surface area contributed by atoms with E-state index < -0.39 is 17.1 Å². The molecule has 0 unspecified atom stereocenters. The number of carbonyl (C=O) groups excluding carboxylic acids is 1. The third-order valence-corrected chi connectivity index (χ3v) is 6.60. The molecule has 0 bridgehead atoms. The first-order chi connectivity index (χ1) is 16.6. The summed E-state index contributed by atoms with van der Waals surface area (Å²) >= 11 is 4.40. The molecule has 11 heteroatoms. The van der Waals surface area contributed by atoms with E-state index in [-0.39, 0.29) is 22.3 Å². The number of nitrogens with zero attached hydrogens (tertiary/aromatic N) is 3. The normalized spacial score (nSPS) is 11.4. The van der Waals surface area contributed by atoms with E-state index >= 15 is 0 Å². The lowest BCUT2D eigenvalue weighted by atomic mass is 10.2. The Morgan fingerprint density at radius 2 is 1.83 bits per heavy atom. The van der Waals surface area contributed by atoms with E-state index in [0.717, 1.165) is 30.9 Å². The van der Waals surface area contributed by atoms with Crippen molar-refractivity contribution in [1.82, 2.24) is 9.13 Å². The lowest BCUT2D eigenvalue weighted by Gasteiger charge is -2.13. The van der Waals surface area contributed by atoms with Crippen LogP contribution in [0, 0.1) is 6.92 Å². The summed E-state index contributed by atoms with van der Waals surface area (Å²) in [7, 11) is 2.66. The standard InChI is InChI=1S/C24H25BrN4O5S/c1-5-34-16-9-7-15(8-10-16)26-21(20-22(31)28(3)24(33)29(4)23(20)32)35-13-19(30)27-18-11-6-14(2)12-17(18)25/h6-12,31H,5,13H2,1-4H3,(H,27,30). The number of anilines is 1. The van der Waals surface area contributed by atoms with Gasteiger partial charge in [0.05, 0.1) is 23.7 Å². The largest absolute Gasteiger partial charge is 0.494 e. The lowest BCUT2D eigenvalue weighted by Crippen LogP contribution is -2.39. The number of aliphatic imine (C=N–C) groups is 1. The van der Waals surface area contributed by atoms with Crippen LogP contribution >= 0.6 is 27.7 Å². The predicted molar refractivity (Wildman–Crippen MR) is 142 cm³/mol. The molecule has 1 aromatic heterocycles. The quantitative estimate of drug-likeness (QED) is 0.336. The van der Waals surface area contributed by atoms with Crippen molar-refractivity contribution in [2.45, 2.75) is 13.8 Å². The second kappa shape index (κ2) is 11.4. The molecule has 184 valence electrons. The van der Waals surface area contributed by atoms with E-state index in [1.807, 2.05) is 26.0 Å². The zero-order valence-electron chi connectivity index (χ0n) is 19.7. The van der Waals surface area contributed by atoms with Crippen molar-refractivity contribution >= 4 is 50.0 Å². The number of aromatic nitrogens is 2. The van der Waals surface area contributed by atoms with Gasteiger partial charge in [0.25, 0.3) is 5.56 Å². The number of benzene rings is 2. The van der Waals surface area contributed by atoms with Gasteiger partial charge < -0.3 is 15.2 Å². The van der Waals surface area contributed by atoms with E-state index in [0.29, 0.717) is 23.7 Å². The Bertz CT molecular complexity index is 1400. The van der Waals surface area contributed by atoms with Crippen LogP contribution in [0.25, 0.3) is 0 Å². The van der Waals surface area contributed by atoms with Crippen molar-refractivity contribution < 1.29 is 14.6 Å². The molecule has 0 saturated heterocycles. The predicted octanol–water partition coefficient (Wildman–Crippen LogP) is 3.71. The molecule has 9 nitrogen and oxygen atoms in total. The molecular formula is C24H25BrN4O5S. The zero-order chi connectivity index (χ0) is 25.7. The molecule has 1 heterocycles. The summed E-state index contributed by atoms with van der Waals surface area (Å²) < 4.78 is 8.02. The number of hydrogen-bond donors (Lipinski definition) is 2. The van der Waals surface area contributed by atoms with Gasteiger partial charge in [0, 0.05) is 18.6 Å². The van der Waals surface area contributed by atoms with Crippen LogP contribution in [-0.2, 0) is 18.9 Å². The number of carbonyl (C=O) groups is 1. The lowest BCUT2D eigenvalue weighted by molar-refractivity contribution is -0.113. The fourth-order valence-corrected chi connectivity index (χ4v) is 4.55. The molecule has 0 fully saturated rings. The van der Waals surface area contributed by atoms with Crippen molar-refractivity contribution in [3.05, 3.63) is 78.9 Å². The smallest absolute Gasteiger partial charge is 0.333 e. The minimum atomic E-state index is -0.718. The molecule has 3 rings (SSSR count). The summed E-state index contributed by atoms with van der Waals surface area (Å²) in [5.41, 5.74) is 0.556. The Morgan fingerprint density at radius 1 is 1.14 bits per heavy atom.